The van der Waals surface area contributed by atoms with Crippen LogP contribution >= 0.6 is 11.3 Å². The number of nitrogens with zero attached hydrogens (tertiary/aromatic N) is 2. The Bertz CT molecular complexity index is 1110. The van der Waals surface area contributed by atoms with Crippen LogP contribution in [0.1, 0.15) is 40.6 Å². The summed E-state index contributed by atoms with van der Waals surface area (Å²) >= 11 is 1.34. The maximum absolute atomic E-state index is 13.2. The molecule has 0 aliphatic carbocycles. The number of carbonyl (C=O) groups is 2. The van der Waals surface area contributed by atoms with Crippen molar-refractivity contribution >= 4 is 39.0 Å². The van der Waals surface area contributed by atoms with Gasteiger partial charge >= 0.3 is 5.97 Å². The normalized spacial score (nSPS) is 16.6. The first kappa shape index (κ1) is 21.5. The average Bonchev–Trinajstić information content (AvgIpc) is 3.34. The van der Waals surface area contributed by atoms with Crippen molar-refractivity contribution in [2.24, 2.45) is 0 Å². The molecule has 5 nitrogen and oxygen atoms in total. The Kier molecular flexibility index (Phi) is 6.39. The van der Waals surface area contributed by atoms with Crippen LogP contribution in [0, 0.1) is 6.92 Å². The molecule has 1 aliphatic heterocycles. The highest BCUT2D eigenvalue weighted by atomic mass is 32.1. The summed E-state index contributed by atoms with van der Waals surface area (Å²) in [5.74, 6) is -0.776. The van der Waals surface area contributed by atoms with Gasteiger partial charge in [-0.15, -0.1) is 11.3 Å². The maximum atomic E-state index is 13.2. The fourth-order valence-corrected chi connectivity index (χ4v) is 5.67. The van der Waals surface area contributed by atoms with Crippen molar-refractivity contribution in [2.75, 3.05) is 24.5 Å². The van der Waals surface area contributed by atoms with E-state index in [2.05, 4.69) is 4.90 Å². The number of likely N-dealkylation sites (tertiary alicyclic amines) is 1. The number of carboxylic acid groups (broad SMARTS) is 1. The summed E-state index contributed by atoms with van der Waals surface area (Å²) in [5, 5.41) is 10.8. The number of hydrogen-bond donors (Lipinski definition) is 1. The highest BCUT2D eigenvalue weighted by molar-refractivity contribution is 7.21. The van der Waals surface area contributed by atoms with Crippen LogP contribution in [0.25, 0.3) is 10.1 Å². The van der Waals surface area contributed by atoms with E-state index in [1.165, 1.54) is 11.3 Å². The van der Waals surface area contributed by atoms with Crippen LogP contribution in [0.4, 0.5) is 5.69 Å². The lowest BCUT2D eigenvalue weighted by molar-refractivity contribution is -0.119. The number of amides is 1. The van der Waals surface area contributed by atoms with Gasteiger partial charge in [0.2, 0.25) is 5.91 Å². The number of carboxylic acids is 1. The van der Waals surface area contributed by atoms with Gasteiger partial charge in [-0.25, -0.2) is 4.79 Å². The van der Waals surface area contributed by atoms with Gasteiger partial charge in [-0.3, -0.25) is 9.69 Å². The predicted octanol–water partition coefficient (Wildman–Crippen LogP) is 4.97. The first-order chi connectivity index (χ1) is 15.0. The van der Waals surface area contributed by atoms with E-state index in [0.717, 1.165) is 46.3 Å². The fraction of sp³-hybridized carbons (Fsp3) is 0.360. The summed E-state index contributed by atoms with van der Waals surface area (Å²) < 4.78 is 1.01. The lowest BCUT2D eigenvalue weighted by Crippen LogP contribution is -2.43. The van der Waals surface area contributed by atoms with E-state index in [0.29, 0.717) is 24.4 Å². The number of anilines is 1. The van der Waals surface area contributed by atoms with Gasteiger partial charge in [0.05, 0.1) is 6.54 Å². The third kappa shape index (κ3) is 4.50. The quantitative estimate of drug-likeness (QED) is 0.568. The summed E-state index contributed by atoms with van der Waals surface area (Å²) in [6.07, 6.45) is 2.67. The summed E-state index contributed by atoms with van der Waals surface area (Å²) in [4.78, 5) is 29.5. The summed E-state index contributed by atoms with van der Waals surface area (Å²) in [6, 6.07) is 16.1. The molecule has 2 heterocycles. The number of fused-ring (bicyclic) bond motifs is 1. The van der Waals surface area contributed by atoms with Crippen molar-refractivity contribution in [1.82, 2.24) is 4.90 Å². The first-order valence-corrected chi connectivity index (χ1v) is 11.6. The average molecular weight is 437 g/mol. The van der Waals surface area contributed by atoms with Crippen LogP contribution in [-0.2, 0) is 11.2 Å². The van der Waals surface area contributed by atoms with E-state index in [1.54, 1.807) is 0 Å². The zero-order valence-electron chi connectivity index (χ0n) is 18.0. The van der Waals surface area contributed by atoms with Crippen molar-refractivity contribution < 1.29 is 14.7 Å². The van der Waals surface area contributed by atoms with Crippen LogP contribution < -0.4 is 4.90 Å². The molecule has 1 N–H and O–H groups in total. The molecule has 1 fully saturated rings. The molecule has 1 aromatic heterocycles. The van der Waals surface area contributed by atoms with Crippen LogP contribution in [0.15, 0.2) is 48.5 Å². The standard InChI is InChI=1S/C25H28N2O3S/c1-3-27(19-9-6-8-17(2)14-19)23(28)16-26-13-7-10-18(26)15-21-20-11-4-5-12-22(20)31-24(21)25(29)30/h4-6,8-9,11-12,14,18H,3,7,10,13,15-16H2,1-2H3,(H,29,30)/t18-/m0/s1. The number of carbonyl (C=O) groups excluding carboxylic acids is 1. The highest BCUT2D eigenvalue weighted by Crippen LogP contribution is 2.34. The lowest BCUT2D eigenvalue weighted by atomic mass is 10.0. The Morgan fingerprint density at radius 2 is 2.00 bits per heavy atom. The number of rotatable bonds is 7. The Labute approximate surface area is 186 Å². The predicted molar refractivity (Wildman–Crippen MR) is 126 cm³/mol. The molecule has 1 aliphatic rings. The summed E-state index contributed by atoms with van der Waals surface area (Å²) in [6.45, 7) is 5.88. The van der Waals surface area contributed by atoms with Crippen molar-refractivity contribution in [3.8, 4) is 0 Å². The molecule has 0 radical (unpaired) electrons. The van der Waals surface area contributed by atoms with Gasteiger partial charge in [-0.05, 0) is 74.4 Å². The van der Waals surface area contributed by atoms with Gasteiger partial charge in [0.25, 0.3) is 0 Å². The Morgan fingerprint density at radius 1 is 1.19 bits per heavy atom. The molecule has 31 heavy (non-hydrogen) atoms. The molecule has 4 rings (SSSR count). The third-order valence-electron chi connectivity index (χ3n) is 6.10. The molecule has 0 spiro atoms. The zero-order valence-corrected chi connectivity index (χ0v) is 18.8. The van der Waals surface area contributed by atoms with Crippen molar-refractivity contribution in [3.63, 3.8) is 0 Å². The minimum atomic E-state index is -0.867. The molecule has 1 amide bonds. The van der Waals surface area contributed by atoms with Gasteiger partial charge in [-0.1, -0.05) is 30.3 Å². The molecule has 0 unspecified atom stereocenters. The molecule has 1 atom stereocenters. The second-order valence-electron chi connectivity index (χ2n) is 8.16. The maximum Gasteiger partial charge on any atom is 0.346 e. The molecule has 6 heteroatoms. The van der Waals surface area contributed by atoms with Crippen LogP contribution in [0.2, 0.25) is 0 Å². The Morgan fingerprint density at radius 3 is 2.74 bits per heavy atom. The van der Waals surface area contributed by atoms with Crippen LogP contribution in [0.3, 0.4) is 0 Å². The van der Waals surface area contributed by atoms with E-state index < -0.39 is 5.97 Å². The van der Waals surface area contributed by atoms with Gasteiger partial charge in [0.15, 0.2) is 0 Å². The number of likely N-dealkylation sites (N-methyl/N-ethyl adjacent to an activating group) is 1. The number of aromatic carboxylic acids is 1. The van der Waals surface area contributed by atoms with E-state index in [9.17, 15) is 14.7 Å². The van der Waals surface area contributed by atoms with Crippen molar-refractivity contribution in [1.29, 1.82) is 0 Å². The second-order valence-corrected chi connectivity index (χ2v) is 9.21. The van der Waals surface area contributed by atoms with E-state index in [1.807, 2.05) is 67.3 Å². The molecule has 1 saturated heterocycles. The molecule has 0 saturated carbocycles. The Hall–Kier alpha value is -2.70. The molecule has 0 bridgehead atoms. The highest BCUT2D eigenvalue weighted by Gasteiger charge is 2.30. The molecular formula is C25H28N2O3S. The van der Waals surface area contributed by atoms with Gasteiger partial charge in [0.1, 0.15) is 4.88 Å². The fourth-order valence-electron chi connectivity index (χ4n) is 4.60. The number of thiophene rings is 1. The van der Waals surface area contributed by atoms with E-state index in [-0.39, 0.29) is 11.9 Å². The molecular weight excluding hydrogens is 408 g/mol. The smallest absolute Gasteiger partial charge is 0.346 e. The molecule has 3 aromatic rings. The van der Waals surface area contributed by atoms with Crippen molar-refractivity contribution in [2.45, 2.75) is 39.2 Å². The van der Waals surface area contributed by atoms with E-state index >= 15 is 0 Å². The zero-order chi connectivity index (χ0) is 22.0. The molecule has 162 valence electrons. The van der Waals surface area contributed by atoms with Crippen LogP contribution in [-0.4, -0.2) is 47.6 Å². The Balaban J connectivity index is 1.54. The van der Waals surface area contributed by atoms with Gasteiger partial charge in [0, 0.05) is 23.0 Å². The topological polar surface area (TPSA) is 60.9 Å². The van der Waals surface area contributed by atoms with Gasteiger partial charge < -0.3 is 10.0 Å². The van der Waals surface area contributed by atoms with Crippen molar-refractivity contribution in [3.05, 3.63) is 64.5 Å². The summed E-state index contributed by atoms with van der Waals surface area (Å²) in [7, 11) is 0. The van der Waals surface area contributed by atoms with E-state index in [4.69, 9.17) is 0 Å². The largest absolute Gasteiger partial charge is 0.477 e. The monoisotopic (exact) mass is 436 g/mol. The first-order valence-electron chi connectivity index (χ1n) is 10.8. The summed E-state index contributed by atoms with van der Waals surface area (Å²) in [5.41, 5.74) is 2.97. The van der Waals surface area contributed by atoms with Crippen LogP contribution in [0.5, 0.6) is 0 Å². The minimum Gasteiger partial charge on any atom is -0.477 e. The number of benzene rings is 2. The number of hydrogen-bond acceptors (Lipinski definition) is 4. The second kappa shape index (κ2) is 9.20. The number of aryl methyl sites for hydroxylation is 1. The van der Waals surface area contributed by atoms with Gasteiger partial charge in [-0.2, -0.15) is 0 Å². The minimum absolute atomic E-state index is 0.0913. The SMILES string of the molecule is CCN(C(=O)CN1CCC[C@H]1Cc1c(C(=O)O)sc2ccccc12)c1cccc(C)c1. The molecule has 2 aromatic carbocycles. The lowest BCUT2D eigenvalue weighted by Gasteiger charge is -2.28. The third-order valence-corrected chi connectivity index (χ3v) is 7.30.